The molecule has 0 unspecified atom stereocenters. The van der Waals surface area contributed by atoms with Crippen LogP contribution in [-0.4, -0.2) is 20.5 Å². The van der Waals surface area contributed by atoms with E-state index in [0.717, 1.165) is 54.9 Å². The molecule has 0 saturated heterocycles. The summed E-state index contributed by atoms with van der Waals surface area (Å²) in [5.41, 5.74) is 0.769. The summed E-state index contributed by atoms with van der Waals surface area (Å²) >= 11 is 0. The van der Waals surface area contributed by atoms with Crippen LogP contribution in [0.1, 0.15) is 90.5 Å². The van der Waals surface area contributed by atoms with Crippen molar-refractivity contribution in [1.82, 2.24) is 9.78 Å². The van der Waals surface area contributed by atoms with Crippen LogP contribution in [-0.2, 0) is 6.54 Å². The quantitative estimate of drug-likeness (QED) is 0.665. The summed E-state index contributed by atoms with van der Waals surface area (Å²) in [5, 5.41) is 24.2. The summed E-state index contributed by atoms with van der Waals surface area (Å²) in [4.78, 5) is 0. The molecule has 0 bridgehead atoms. The molecule has 0 amide bonds. The summed E-state index contributed by atoms with van der Waals surface area (Å²) in [5.74, 6) is 5.77. The zero-order chi connectivity index (χ0) is 21.8. The van der Waals surface area contributed by atoms with Crippen LogP contribution in [0.2, 0.25) is 0 Å². The van der Waals surface area contributed by atoms with Crippen molar-refractivity contribution < 1.29 is 5.11 Å². The van der Waals surface area contributed by atoms with Crippen LogP contribution in [0.4, 0.5) is 0 Å². The molecule has 4 fully saturated rings. The lowest BCUT2D eigenvalue weighted by atomic mass is 9.47. The lowest BCUT2D eigenvalue weighted by Gasteiger charge is -2.58. The molecule has 4 saturated carbocycles. The van der Waals surface area contributed by atoms with Gasteiger partial charge in [0, 0.05) is 12.7 Å². The number of aromatic nitrogens is 2. The van der Waals surface area contributed by atoms with Crippen LogP contribution < -0.4 is 0 Å². The Bertz CT molecular complexity index is 838. The zero-order valence-electron chi connectivity index (χ0n) is 19.8. The number of nitriles is 1. The normalized spacial score (nSPS) is 45.3. The smallest absolute Gasteiger partial charge is 0.102 e. The van der Waals surface area contributed by atoms with Gasteiger partial charge in [-0.15, -0.1) is 0 Å². The van der Waals surface area contributed by atoms with E-state index < -0.39 is 5.60 Å². The van der Waals surface area contributed by atoms with Gasteiger partial charge in [-0.1, -0.05) is 13.8 Å². The van der Waals surface area contributed by atoms with Crippen LogP contribution in [0.5, 0.6) is 0 Å². The molecule has 0 aliphatic heterocycles. The first kappa shape index (κ1) is 21.5. The molecule has 4 heteroatoms. The number of hydrogen-bond donors (Lipinski definition) is 1. The first-order valence-electron chi connectivity index (χ1n) is 13.0. The second kappa shape index (κ2) is 7.91. The van der Waals surface area contributed by atoms with Gasteiger partial charge >= 0.3 is 0 Å². The minimum absolute atomic E-state index is 0.415. The Kier molecular flexibility index (Phi) is 5.48. The van der Waals surface area contributed by atoms with Crippen LogP contribution in [0, 0.1) is 58.2 Å². The molecule has 0 aromatic carbocycles. The molecule has 31 heavy (non-hydrogen) atoms. The lowest BCUT2D eigenvalue weighted by Crippen LogP contribution is -2.51. The number of rotatable bonds is 4. The Morgan fingerprint density at radius 1 is 1.16 bits per heavy atom. The second-order valence-electron chi connectivity index (χ2n) is 12.0. The third-order valence-electron chi connectivity index (χ3n) is 10.6. The van der Waals surface area contributed by atoms with Gasteiger partial charge < -0.3 is 5.11 Å². The van der Waals surface area contributed by atoms with Crippen LogP contribution in [0.25, 0.3) is 0 Å². The predicted octanol–water partition coefficient (Wildman–Crippen LogP) is 5.80. The SMILES string of the molecule is CC[C@]12CC[C@H]3[C@@H](CC[C@@H]4C[C@](C)(O)CC[C@@H]43)[C@@H]1CC[C@@H]2[C@H](C)Cn1cc(C#N)cn1. The molecular formula is C27H41N3O. The molecule has 1 N–H and O–H groups in total. The minimum Gasteiger partial charge on any atom is -0.390 e. The highest BCUT2D eigenvalue weighted by Gasteiger charge is 2.59. The molecule has 1 heterocycles. The zero-order valence-corrected chi connectivity index (χ0v) is 19.8. The molecule has 9 atom stereocenters. The topological polar surface area (TPSA) is 61.8 Å². The largest absolute Gasteiger partial charge is 0.390 e. The van der Waals surface area contributed by atoms with E-state index in [-0.39, 0.29) is 0 Å². The standard InChI is InChI=1S/C27H41N3O/c1-4-27-12-10-22-21-9-11-26(3,31)13-20(21)5-6-23(22)25(27)8-7-24(27)18(2)16-30-17-19(14-28)15-29-30/h15,17-18,20-25,31H,4-13,16H2,1-3H3/t18-,20-,21+,22-,23-,24-,25+,26-,27-/m1/s1. The predicted molar refractivity (Wildman–Crippen MR) is 122 cm³/mol. The third-order valence-corrected chi connectivity index (χ3v) is 10.6. The molecular weight excluding hydrogens is 382 g/mol. The maximum atomic E-state index is 10.6. The number of fused-ring (bicyclic) bond motifs is 5. The van der Waals surface area contributed by atoms with Crippen molar-refractivity contribution in [3.63, 3.8) is 0 Å². The highest BCUT2D eigenvalue weighted by molar-refractivity contribution is 5.21. The van der Waals surface area contributed by atoms with E-state index in [1.165, 1.54) is 51.4 Å². The second-order valence-corrected chi connectivity index (χ2v) is 12.0. The van der Waals surface area contributed by atoms with E-state index in [4.69, 9.17) is 5.26 Å². The third kappa shape index (κ3) is 3.56. The van der Waals surface area contributed by atoms with Crippen molar-refractivity contribution >= 4 is 0 Å². The summed E-state index contributed by atoms with van der Waals surface area (Å²) < 4.78 is 2.00. The Balaban J connectivity index is 1.33. The molecule has 4 aliphatic rings. The van der Waals surface area contributed by atoms with Crippen molar-refractivity contribution in [2.75, 3.05) is 0 Å². The maximum Gasteiger partial charge on any atom is 0.102 e. The average Bonchev–Trinajstić information content (AvgIpc) is 3.37. The van der Waals surface area contributed by atoms with E-state index in [0.29, 0.717) is 16.9 Å². The number of aliphatic hydroxyl groups is 1. The first-order valence-corrected chi connectivity index (χ1v) is 13.0. The molecule has 1 aromatic heterocycles. The maximum absolute atomic E-state index is 10.6. The van der Waals surface area contributed by atoms with Gasteiger partial charge in [0.25, 0.3) is 0 Å². The number of nitrogens with zero attached hydrogens (tertiary/aromatic N) is 3. The molecule has 1 aromatic rings. The fraction of sp³-hybridized carbons (Fsp3) is 0.852. The molecule has 0 radical (unpaired) electrons. The molecule has 170 valence electrons. The van der Waals surface area contributed by atoms with Crippen molar-refractivity contribution in [2.24, 2.45) is 46.8 Å². The fourth-order valence-electron chi connectivity index (χ4n) is 9.43. The van der Waals surface area contributed by atoms with E-state index in [9.17, 15) is 5.11 Å². The van der Waals surface area contributed by atoms with Gasteiger partial charge in [-0.2, -0.15) is 10.4 Å². The Morgan fingerprint density at radius 2 is 1.97 bits per heavy atom. The van der Waals surface area contributed by atoms with Crippen LogP contribution >= 0.6 is 0 Å². The first-order chi connectivity index (χ1) is 14.9. The molecule has 5 rings (SSSR count). The van der Waals surface area contributed by atoms with Crippen molar-refractivity contribution in [3.05, 3.63) is 18.0 Å². The van der Waals surface area contributed by atoms with Gasteiger partial charge in [-0.25, -0.2) is 0 Å². The monoisotopic (exact) mass is 423 g/mol. The van der Waals surface area contributed by atoms with Crippen molar-refractivity contribution in [1.29, 1.82) is 5.26 Å². The van der Waals surface area contributed by atoms with Crippen LogP contribution in [0.15, 0.2) is 12.4 Å². The van der Waals surface area contributed by atoms with Gasteiger partial charge in [-0.05, 0) is 118 Å². The lowest BCUT2D eigenvalue weighted by molar-refractivity contribution is -0.108. The summed E-state index contributed by atoms with van der Waals surface area (Å²) in [7, 11) is 0. The molecule has 4 nitrogen and oxygen atoms in total. The van der Waals surface area contributed by atoms with Crippen molar-refractivity contribution in [3.8, 4) is 6.07 Å². The summed E-state index contributed by atoms with van der Waals surface area (Å²) in [6.07, 6.45) is 16.6. The highest BCUT2D eigenvalue weighted by Crippen LogP contribution is 2.67. The van der Waals surface area contributed by atoms with E-state index >= 15 is 0 Å². The van der Waals surface area contributed by atoms with Crippen LogP contribution in [0.3, 0.4) is 0 Å². The van der Waals surface area contributed by atoms with Gasteiger partial charge in [0.2, 0.25) is 0 Å². The average molecular weight is 424 g/mol. The summed E-state index contributed by atoms with van der Waals surface area (Å²) in [6, 6.07) is 2.21. The van der Waals surface area contributed by atoms with Crippen molar-refractivity contribution in [2.45, 2.75) is 97.1 Å². The van der Waals surface area contributed by atoms with Gasteiger partial charge in [0.15, 0.2) is 0 Å². The van der Waals surface area contributed by atoms with Gasteiger partial charge in [0.1, 0.15) is 6.07 Å². The number of hydrogen-bond acceptors (Lipinski definition) is 3. The van der Waals surface area contributed by atoms with E-state index in [1.807, 2.05) is 10.9 Å². The Hall–Kier alpha value is -1.34. The molecule has 4 aliphatic carbocycles. The van der Waals surface area contributed by atoms with Gasteiger partial charge in [-0.3, -0.25) is 4.68 Å². The Morgan fingerprint density at radius 3 is 2.71 bits per heavy atom. The highest BCUT2D eigenvalue weighted by atomic mass is 16.3. The minimum atomic E-state index is -0.415. The van der Waals surface area contributed by atoms with E-state index in [1.54, 1.807) is 6.20 Å². The van der Waals surface area contributed by atoms with Gasteiger partial charge in [0.05, 0.1) is 17.4 Å². The molecule has 0 spiro atoms. The fourth-order valence-corrected chi connectivity index (χ4v) is 9.43. The summed E-state index contributed by atoms with van der Waals surface area (Å²) in [6.45, 7) is 7.91. The van der Waals surface area contributed by atoms with E-state index in [2.05, 4.69) is 31.9 Å². The Labute approximate surface area is 188 Å².